The summed E-state index contributed by atoms with van der Waals surface area (Å²) in [6, 6.07) is 3.66. The first-order valence-corrected chi connectivity index (χ1v) is 10.4. The van der Waals surface area contributed by atoms with Crippen LogP contribution in [0.3, 0.4) is 0 Å². The van der Waals surface area contributed by atoms with Crippen molar-refractivity contribution in [2.24, 2.45) is 7.05 Å². The van der Waals surface area contributed by atoms with Crippen molar-refractivity contribution in [2.45, 2.75) is 38.8 Å². The van der Waals surface area contributed by atoms with Gasteiger partial charge >= 0.3 is 6.18 Å². The van der Waals surface area contributed by atoms with Crippen LogP contribution in [0.2, 0.25) is 0 Å². The number of nitrogens with two attached hydrogens (primary N) is 1. The van der Waals surface area contributed by atoms with Gasteiger partial charge < -0.3 is 15.2 Å². The number of hydrogen-bond acceptors (Lipinski definition) is 7. The largest absolute Gasteiger partial charge is 0.443 e. The topological polar surface area (TPSA) is 85.8 Å². The Balaban J connectivity index is 1.63. The molecule has 7 nitrogen and oxygen atoms in total. The Bertz CT molecular complexity index is 1060. The molecule has 4 rings (SSSR count). The van der Waals surface area contributed by atoms with Gasteiger partial charge in [0.25, 0.3) is 0 Å². The smallest absolute Gasteiger partial charge is 0.368 e. The SMILES string of the molecule is Cc1ccc(-c2sc(C(F)(F)F)nc2C)c(N2CCC(c3nnc(N)n3C)CC2)n1. The van der Waals surface area contributed by atoms with E-state index in [1.165, 1.54) is 0 Å². The number of hydrogen-bond donors (Lipinski definition) is 1. The van der Waals surface area contributed by atoms with Crippen molar-refractivity contribution in [1.82, 2.24) is 24.7 Å². The Hall–Kier alpha value is -2.69. The number of nitrogens with zero attached hydrogens (tertiary/aromatic N) is 6. The number of pyridine rings is 1. The Morgan fingerprint density at radius 3 is 2.37 bits per heavy atom. The highest BCUT2D eigenvalue weighted by atomic mass is 32.1. The molecule has 2 N–H and O–H groups in total. The van der Waals surface area contributed by atoms with E-state index >= 15 is 0 Å². The monoisotopic (exact) mass is 437 g/mol. The zero-order chi connectivity index (χ0) is 21.6. The van der Waals surface area contributed by atoms with Crippen molar-refractivity contribution in [3.63, 3.8) is 0 Å². The highest BCUT2D eigenvalue weighted by molar-refractivity contribution is 7.15. The van der Waals surface area contributed by atoms with E-state index in [1.807, 2.05) is 26.1 Å². The lowest BCUT2D eigenvalue weighted by molar-refractivity contribution is -0.137. The summed E-state index contributed by atoms with van der Waals surface area (Å²) in [5, 5.41) is 7.29. The number of anilines is 2. The number of rotatable bonds is 3. The molecule has 0 bridgehead atoms. The van der Waals surface area contributed by atoms with E-state index in [2.05, 4.69) is 25.1 Å². The van der Waals surface area contributed by atoms with Crippen molar-refractivity contribution in [3.8, 4) is 10.4 Å². The molecule has 30 heavy (non-hydrogen) atoms. The van der Waals surface area contributed by atoms with Crippen LogP contribution in [0.25, 0.3) is 10.4 Å². The minimum Gasteiger partial charge on any atom is -0.368 e. The molecule has 3 aromatic heterocycles. The summed E-state index contributed by atoms with van der Waals surface area (Å²) in [7, 11) is 1.85. The van der Waals surface area contributed by atoms with Crippen LogP contribution in [0.15, 0.2) is 12.1 Å². The zero-order valence-corrected chi connectivity index (χ0v) is 17.7. The summed E-state index contributed by atoms with van der Waals surface area (Å²) in [4.78, 5) is 11.1. The van der Waals surface area contributed by atoms with Crippen LogP contribution in [0.1, 0.15) is 41.0 Å². The van der Waals surface area contributed by atoms with Crippen LogP contribution in [0.5, 0.6) is 0 Å². The van der Waals surface area contributed by atoms with E-state index in [9.17, 15) is 13.2 Å². The van der Waals surface area contributed by atoms with E-state index < -0.39 is 11.2 Å². The second-order valence-electron chi connectivity index (χ2n) is 7.49. The number of alkyl halides is 3. The lowest BCUT2D eigenvalue weighted by atomic mass is 9.95. The zero-order valence-electron chi connectivity index (χ0n) is 16.9. The van der Waals surface area contributed by atoms with Crippen molar-refractivity contribution >= 4 is 23.1 Å². The molecule has 0 aromatic carbocycles. The number of aromatic nitrogens is 5. The van der Waals surface area contributed by atoms with Gasteiger partial charge in [-0.1, -0.05) is 0 Å². The average molecular weight is 437 g/mol. The lowest BCUT2D eigenvalue weighted by Crippen LogP contribution is -2.34. The van der Waals surface area contributed by atoms with Gasteiger partial charge in [0.15, 0.2) is 5.01 Å². The Morgan fingerprint density at radius 1 is 1.10 bits per heavy atom. The van der Waals surface area contributed by atoms with Crippen molar-refractivity contribution in [1.29, 1.82) is 0 Å². The molecule has 0 aliphatic carbocycles. The fourth-order valence-corrected chi connectivity index (χ4v) is 4.74. The molecule has 11 heteroatoms. The molecule has 0 atom stereocenters. The first-order valence-electron chi connectivity index (χ1n) is 9.57. The third kappa shape index (κ3) is 3.73. The van der Waals surface area contributed by atoms with E-state index in [0.29, 0.717) is 52.3 Å². The fraction of sp³-hybridized carbons (Fsp3) is 0.474. The highest BCUT2D eigenvalue weighted by Gasteiger charge is 2.36. The van der Waals surface area contributed by atoms with Gasteiger partial charge in [-0.3, -0.25) is 0 Å². The lowest BCUT2D eigenvalue weighted by Gasteiger charge is -2.33. The molecule has 160 valence electrons. The molecule has 0 unspecified atom stereocenters. The van der Waals surface area contributed by atoms with Crippen LogP contribution in [-0.2, 0) is 13.2 Å². The van der Waals surface area contributed by atoms with Gasteiger partial charge in [-0.15, -0.1) is 21.5 Å². The van der Waals surface area contributed by atoms with Gasteiger partial charge in [-0.05, 0) is 38.8 Å². The normalized spacial score (nSPS) is 15.7. The minimum atomic E-state index is -4.46. The average Bonchev–Trinajstić information content (AvgIpc) is 3.25. The molecule has 0 amide bonds. The minimum absolute atomic E-state index is 0.228. The second-order valence-corrected chi connectivity index (χ2v) is 8.49. The number of halogens is 3. The highest BCUT2D eigenvalue weighted by Crippen LogP contribution is 2.42. The van der Waals surface area contributed by atoms with E-state index in [0.717, 1.165) is 24.4 Å². The van der Waals surface area contributed by atoms with Gasteiger partial charge in [0.2, 0.25) is 5.95 Å². The molecule has 0 saturated carbocycles. The molecular formula is C19H22F3N7S. The molecule has 1 saturated heterocycles. The predicted molar refractivity (Wildman–Crippen MR) is 109 cm³/mol. The maximum Gasteiger partial charge on any atom is 0.443 e. The first kappa shape index (κ1) is 20.6. The van der Waals surface area contributed by atoms with Gasteiger partial charge in [0.1, 0.15) is 11.6 Å². The Kier molecular flexibility index (Phi) is 5.16. The summed E-state index contributed by atoms with van der Waals surface area (Å²) in [5.41, 5.74) is 7.66. The summed E-state index contributed by atoms with van der Waals surface area (Å²) in [6.07, 6.45) is -2.80. The maximum absolute atomic E-state index is 13.2. The van der Waals surface area contributed by atoms with Crippen LogP contribution in [0.4, 0.5) is 24.9 Å². The third-order valence-corrected chi connectivity index (χ3v) is 6.64. The fourth-order valence-electron chi connectivity index (χ4n) is 3.79. The van der Waals surface area contributed by atoms with Crippen LogP contribution in [-0.4, -0.2) is 37.8 Å². The second kappa shape index (κ2) is 7.53. The van der Waals surface area contributed by atoms with Gasteiger partial charge in [-0.2, -0.15) is 13.2 Å². The summed E-state index contributed by atoms with van der Waals surface area (Å²) in [6.45, 7) is 4.91. The van der Waals surface area contributed by atoms with Crippen LogP contribution >= 0.6 is 11.3 Å². The van der Waals surface area contributed by atoms with E-state index in [1.54, 1.807) is 11.5 Å². The molecule has 1 aliphatic heterocycles. The number of aryl methyl sites for hydroxylation is 2. The van der Waals surface area contributed by atoms with E-state index in [-0.39, 0.29) is 5.92 Å². The van der Waals surface area contributed by atoms with Gasteiger partial charge in [-0.25, -0.2) is 9.97 Å². The molecular weight excluding hydrogens is 415 g/mol. The Labute approximate surface area is 175 Å². The van der Waals surface area contributed by atoms with Gasteiger partial charge in [0.05, 0.1) is 10.6 Å². The van der Waals surface area contributed by atoms with Crippen molar-refractivity contribution in [2.75, 3.05) is 23.7 Å². The maximum atomic E-state index is 13.2. The van der Waals surface area contributed by atoms with Gasteiger partial charge in [0, 0.05) is 37.3 Å². The number of nitrogen functional groups attached to an aromatic ring is 1. The molecule has 1 fully saturated rings. The number of thiazole rings is 1. The van der Waals surface area contributed by atoms with Crippen LogP contribution in [0, 0.1) is 13.8 Å². The van der Waals surface area contributed by atoms with Crippen LogP contribution < -0.4 is 10.6 Å². The molecule has 4 heterocycles. The van der Waals surface area contributed by atoms with Crippen molar-refractivity contribution in [3.05, 3.63) is 34.4 Å². The summed E-state index contributed by atoms with van der Waals surface area (Å²) in [5.74, 6) is 2.17. The molecule has 1 aliphatic rings. The molecule has 0 spiro atoms. The number of piperidine rings is 1. The standard InChI is InChI=1S/C19H22F3N7S/c1-10-4-5-13(14-11(2)25-17(30-14)19(20,21)22)16(24-10)29-8-6-12(7-9-29)15-26-27-18(23)28(15)3/h4-5,12H,6-9H2,1-3H3,(H2,23,27). The molecule has 0 radical (unpaired) electrons. The Morgan fingerprint density at radius 2 is 1.80 bits per heavy atom. The quantitative estimate of drug-likeness (QED) is 0.668. The summed E-state index contributed by atoms with van der Waals surface area (Å²) >= 11 is 0.667. The first-order chi connectivity index (χ1) is 14.1. The summed E-state index contributed by atoms with van der Waals surface area (Å²) < 4.78 is 41.3. The van der Waals surface area contributed by atoms with E-state index in [4.69, 9.17) is 5.73 Å². The molecule has 3 aromatic rings. The van der Waals surface area contributed by atoms with Crippen molar-refractivity contribution < 1.29 is 13.2 Å². The predicted octanol–water partition coefficient (Wildman–Crippen LogP) is 3.94. The third-order valence-electron chi connectivity index (χ3n) is 5.40.